The van der Waals surface area contributed by atoms with Crippen LogP contribution in [-0.4, -0.2) is 31.1 Å². The average molecular weight is 254 g/mol. The second-order valence-corrected chi connectivity index (χ2v) is 4.96. The molecule has 1 atom stereocenters. The molecule has 3 N–H and O–H groups in total. The Morgan fingerprint density at radius 2 is 2.29 bits per heavy atom. The van der Waals surface area contributed by atoms with E-state index in [-0.39, 0.29) is 5.91 Å². The zero-order valence-electron chi connectivity index (χ0n) is 10.3. The zero-order chi connectivity index (χ0) is 12.8. The van der Waals surface area contributed by atoms with Gasteiger partial charge < -0.3 is 15.8 Å². The standard InChI is InChI=1S/C12H18N2O2S/c1-8(17-3)7-14-12(15)9-5-4-6-10(13)11(9)16-2/h4-6,8H,7,13H2,1-3H3,(H,14,15). The average Bonchev–Trinajstić information content (AvgIpc) is 2.35. The van der Waals surface area contributed by atoms with Crippen molar-refractivity contribution in [3.8, 4) is 5.75 Å². The van der Waals surface area contributed by atoms with Crippen molar-refractivity contribution >= 4 is 23.4 Å². The summed E-state index contributed by atoms with van der Waals surface area (Å²) < 4.78 is 5.14. The van der Waals surface area contributed by atoms with Gasteiger partial charge in [0.05, 0.1) is 18.4 Å². The number of nitrogen functional groups attached to an aromatic ring is 1. The van der Waals surface area contributed by atoms with E-state index >= 15 is 0 Å². The van der Waals surface area contributed by atoms with Crippen molar-refractivity contribution in [1.82, 2.24) is 5.32 Å². The van der Waals surface area contributed by atoms with Crippen molar-refractivity contribution < 1.29 is 9.53 Å². The van der Waals surface area contributed by atoms with E-state index in [1.54, 1.807) is 30.0 Å². The summed E-state index contributed by atoms with van der Waals surface area (Å²) in [5.74, 6) is 0.275. The highest BCUT2D eigenvalue weighted by Gasteiger charge is 2.14. The van der Waals surface area contributed by atoms with Crippen LogP contribution in [-0.2, 0) is 0 Å². The van der Waals surface area contributed by atoms with Crippen molar-refractivity contribution in [1.29, 1.82) is 0 Å². The molecule has 4 nitrogen and oxygen atoms in total. The number of ether oxygens (including phenoxy) is 1. The zero-order valence-corrected chi connectivity index (χ0v) is 11.1. The number of hydrogen-bond acceptors (Lipinski definition) is 4. The molecule has 0 saturated heterocycles. The van der Waals surface area contributed by atoms with Crippen molar-refractivity contribution in [3.63, 3.8) is 0 Å². The van der Waals surface area contributed by atoms with Crippen LogP contribution < -0.4 is 15.8 Å². The third-order valence-corrected chi connectivity index (χ3v) is 3.42. The summed E-state index contributed by atoms with van der Waals surface area (Å²) in [6.45, 7) is 2.68. The molecule has 5 heteroatoms. The number of methoxy groups -OCH3 is 1. The number of nitrogens with two attached hydrogens (primary N) is 1. The normalized spacial score (nSPS) is 11.9. The highest BCUT2D eigenvalue weighted by atomic mass is 32.2. The summed E-state index contributed by atoms with van der Waals surface area (Å²) in [4.78, 5) is 11.9. The van der Waals surface area contributed by atoms with Gasteiger partial charge in [0, 0.05) is 11.8 Å². The van der Waals surface area contributed by atoms with Crippen LogP contribution >= 0.6 is 11.8 Å². The first-order chi connectivity index (χ1) is 8.10. The maximum absolute atomic E-state index is 11.9. The molecule has 1 unspecified atom stereocenters. The number of nitrogens with one attached hydrogen (secondary N) is 1. The number of anilines is 1. The second kappa shape index (κ2) is 6.39. The number of rotatable bonds is 5. The van der Waals surface area contributed by atoms with Gasteiger partial charge in [-0.05, 0) is 18.4 Å². The van der Waals surface area contributed by atoms with Gasteiger partial charge in [0.15, 0.2) is 5.75 Å². The predicted octanol–water partition coefficient (Wildman–Crippen LogP) is 1.76. The summed E-state index contributed by atoms with van der Waals surface area (Å²) in [6, 6.07) is 5.15. The van der Waals surface area contributed by atoms with Crippen LogP contribution in [0.15, 0.2) is 18.2 Å². The van der Waals surface area contributed by atoms with Gasteiger partial charge in [-0.3, -0.25) is 4.79 Å². The first-order valence-electron chi connectivity index (χ1n) is 5.33. The number of carbonyl (C=O) groups is 1. The fourth-order valence-electron chi connectivity index (χ4n) is 1.38. The smallest absolute Gasteiger partial charge is 0.255 e. The third-order valence-electron chi connectivity index (χ3n) is 2.45. The minimum atomic E-state index is -0.157. The quantitative estimate of drug-likeness (QED) is 0.786. The summed E-state index contributed by atoms with van der Waals surface area (Å²) in [7, 11) is 1.51. The molecule has 0 aliphatic heterocycles. The highest BCUT2D eigenvalue weighted by molar-refractivity contribution is 7.99. The molecule has 0 aliphatic carbocycles. The topological polar surface area (TPSA) is 64.3 Å². The van der Waals surface area contributed by atoms with Crippen molar-refractivity contribution in [3.05, 3.63) is 23.8 Å². The Labute approximate surface area is 106 Å². The largest absolute Gasteiger partial charge is 0.494 e. The van der Waals surface area contributed by atoms with Gasteiger partial charge in [-0.1, -0.05) is 13.0 Å². The van der Waals surface area contributed by atoms with Crippen molar-refractivity contribution in [2.75, 3.05) is 25.6 Å². The van der Waals surface area contributed by atoms with E-state index < -0.39 is 0 Å². The van der Waals surface area contributed by atoms with Gasteiger partial charge in [-0.25, -0.2) is 0 Å². The molecule has 0 fully saturated rings. The lowest BCUT2D eigenvalue weighted by molar-refractivity contribution is 0.0951. The summed E-state index contributed by atoms with van der Waals surface area (Å²) >= 11 is 1.70. The van der Waals surface area contributed by atoms with Crippen LogP contribution in [0.5, 0.6) is 5.75 Å². The van der Waals surface area contributed by atoms with Gasteiger partial charge >= 0.3 is 0 Å². The van der Waals surface area contributed by atoms with Crippen LogP contribution in [0, 0.1) is 0 Å². The highest BCUT2D eigenvalue weighted by Crippen LogP contribution is 2.25. The van der Waals surface area contributed by atoms with E-state index in [1.807, 2.05) is 6.26 Å². The molecular weight excluding hydrogens is 236 g/mol. The van der Waals surface area contributed by atoms with Crippen LogP contribution in [0.3, 0.4) is 0 Å². The molecule has 1 rings (SSSR count). The van der Waals surface area contributed by atoms with Gasteiger partial charge in [-0.2, -0.15) is 11.8 Å². The SMILES string of the molecule is COc1c(N)cccc1C(=O)NCC(C)SC. The fraction of sp³-hybridized carbons (Fsp3) is 0.417. The number of carbonyl (C=O) groups excluding carboxylic acids is 1. The molecule has 0 saturated carbocycles. The maximum atomic E-state index is 11.9. The second-order valence-electron chi connectivity index (χ2n) is 3.68. The van der Waals surface area contributed by atoms with Crippen molar-refractivity contribution in [2.45, 2.75) is 12.2 Å². The van der Waals surface area contributed by atoms with Crippen LogP contribution in [0.4, 0.5) is 5.69 Å². The minimum Gasteiger partial charge on any atom is -0.494 e. The van der Waals surface area contributed by atoms with Crippen LogP contribution in [0.1, 0.15) is 17.3 Å². The Kier molecular flexibility index (Phi) is 5.15. The van der Waals surface area contributed by atoms with Gasteiger partial charge in [-0.15, -0.1) is 0 Å². The Morgan fingerprint density at radius 1 is 1.59 bits per heavy atom. The molecule has 1 amide bonds. The van der Waals surface area contributed by atoms with Gasteiger partial charge in [0.1, 0.15) is 0 Å². The van der Waals surface area contributed by atoms with E-state index in [0.29, 0.717) is 28.8 Å². The molecule has 0 heterocycles. The van der Waals surface area contributed by atoms with E-state index in [1.165, 1.54) is 7.11 Å². The molecule has 1 aromatic rings. The van der Waals surface area contributed by atoms with E-state index in [2.05, 4.69) is 12.2 Å². The summed E-state index contributed by atoms with van der Waals surface area (Å²) in [6.07, 6.45) is 2.01. The molecule has 0 radical (unpaired) electrons. The molecule has 0 spiro atoms. The van der Waals surface area contributed by atoms with E-state index in [0.717, 1.165) is 0 Å². The third kappa shape index (κ3) is 3.56. The molecular formula is C12H18N2O2S. The van der Waals surface area contributed by atoms with Crippen molar-refractivity contribution in [2.24, 2.45) is 0 Å². The Hall–Kier alpha value is -1.36. The predicted molar refractivity (Wildman–Crippen MR) is 72.7 cm³/mol. The number of amides is 1. The fourth-order valence-corrected chi connectivity index (χ4v) is 1.63. The number of hydrogen-bond donors (Lipinski definition) is 2. The lowest BCUT2D eigenvalue weighted by Gasteiger charge is -2.13. The molecule has 0 aromatic heterocycles. The number of benzene rings is 1. The Bertz CT molecular complexity index is 396. The Morgan fingerprint density at radius 3 is 2.88 bits per heavy atom. The molecule has 0 aliphatic rings. The maximum Gasteiger partial charge on any atom is 0.255 e. The first-order valence-corrected chi connectivity index (χ1v) is 6.62. The lowest BCUT2D eigenvalue weighted by Crippen LogP contribution is -2.29. The van der Waals surface area contributed by atoms with Gasteiger partial charge in [0.25, 0.3) is 5.91 Å². The molecule has 0 bridgehead atoms. The lowest BCUT2D eigenvalue weighted by atomic mass is 10.1. The van der Waals surface area contributed by atoms with Crippen LogP contribution in [0.2, 0.25) is 0 Å². The van der Waals surface area contributed by atoms with Crippen LogP contribution in [0.25, 0.3) is 0 Å². The number of thioether (sulfide) groups is 1. The summed E-state index contributed by atoms with van der Waals surface area (Å²) in [5.41, 5.74) is 6.69. The molecule has 17 heavy (non-hydrogen) atoms. The molecule has 1 aromatic carbocycles. The van der Waals surface area contributed by atoms with E-state index in [9.17, 15) is 4.79 Å². The van der Waals surface area contributed by atoms with E-state index in [4.69, 9.17) is 10.5 Å². The molecule has 94 valence electrons. The van der Waals surface area contributed by atoms with Gasteiger partial charge in [0.2, 0.25) is 0 Å². The minimum absolute atomic E-state index is 0.157. The Balaban J connectivity index is 2.78. The number of para-hydroxylation sites is 1. The first kappa shape index (κ1) is 13.7. The monoisotopic (exact) mass is 254 g/mol. The summed E-state index contributed by atoms with van der Waals surface area (Å²) in [5, 5.41) is 3.24.